The first-order chi connectivity index (χ1) is 9.79. The molecule has 1 aromatic carbocycles. The zero-order valence-corrected chi connectivity index (χ0v) is 11.9. The number of furan rings is 1. The summed E-state index contributed by atoms with van der Waals surface area (Å²) in [6, 6.07) is 7.38. The monoisotopic (exact) mass is 311 g/mol. The Morgan fingerprint density at radius 1 is 1.33 bits per heavy atom. The lowest BCUT2D eigenvalue weighted by molar-refractivity contribution is -0.385. The van der Waals surface area contributed by atoms with Gasteiger partial charge in [0.1, 0.15) is 5.76 Å². The first-order valence-corrected chi connectivity index (χ1v) is 7.43. The van der Waals surface area contributed by atoms with Crippen molar-refractivity contribution in [3.8, 4) is 0 Å². The summed E-state index contributed by atoms with van der Waals surface area (Å²) in [6.07, 6.45) is 0. The maximum absolute atomic E-state index is 11.1. The van der Waals surface area contributed by atoms with Gasteiger partial charge in [-0.3, -0.25) is 10.1 Å². The van der Waals surface area contributed by atoms with Crippen LogP contribution in [0.25, 0.3) is 0 Å². The van der Waals surface area contributed by atoms with Crippen LogP contribution in [-0.4, -0.2) is 13.3 Å². The first-order valence-electron chi connectivity index (χ1n) is 5.88. The number of nitrogens with one attached hydrogen (secondary N) is 1. The zero-order valence-electron chi connectivity index (χ0n) is 11.1. The molecule has 0 aliphatic rings. The summed E-state index contributed by atoms with van der Waals surface area (Å²) in [4.78, 5) is 10.4. The Morgan fingerprint density at radius 3 is 2.62 bits per heavy atom. The van der Waals surface area contributed by atoms with Gasteiger partial charge in [0.15, 0.2) is 0 Å². The topological polar surface area (TPSA) is 128 Å². The van der Waals surface area contributed by atoms with Crippen LogP contribution >= 0.6 is 0 Å². The summed E-state index contributed by atoms with van der Waals surface area (Å²) < 4.78 is 27.2. The van der Waals surface area contributed by atoms with E-state index in [0.29, 0.717) is 17.0 Å². The van der Waals surface area contributed by atoms with Crippen LogP contribution in [0.4, 0.5) is 11.4 Å². The van der Waals surface area contributed by atoms with Crippen LogP contribution in [0.1, 0.15) is 11.3 Å². The van der Waals surface area contributed by atoms with E-state index < -0.39 is 14.9 Å². The molecule has 0 saturated heterocycles. The molecule has 112 valence electrons. The summed E-state index contributed by atoms with van der Waals surface area (Å²) in [6.45, 7) is 1.80. The van der Waals surface area contributed by atoms with Crippen molar-refractivity contribution in [2.24, 2.45) is 5.14 Å². The van der Waals surface area contributed by atoms with Crippen LogP contribution in [0, 0.1) is 17.0 Å². The minimum atomic E-state index is -3.87. The summed E-state index contributed by atoms with van der Waals surface area (Å²) in [7, 11) is -3.87. The number of rotatable bonds is 5. The molecular weight excluding hydrogens is 298 g/mol. The van der Waals surface area contributed by atoms with E-state index in [9.17, 15) is 18.5 Å². The van der Waals surface area contributed by atoms with Crippen LogP contribution in [0.5, 0.6) is 0 Å². The summed E-state index contributed by atoms with van der Waals surface area (Å²) in [5.74, 6) is 0.352. The molecule has 0 atom stereocenters. The Kier molecular flexibility index (Phi) is 3.96. The Hall–Kier alpha value is -2.39. The number of nitro benzene ring substituents is 1. The number of hydrogen-bond acceptors (Lipinski definition) is 6. The average Bonchev–Trinajstić information content (AvgIpc) is 2.86. The van der Waals surface area contributed by atoms with Crippen molar-refractivity contribution in [2.75, 3.05) is 5.32 Å². The summed E-state index contributed by atoms with van der Waals surface area (Å²) in [5, 5.41) is 18.4. The normalized spacial score (nSPS) is 11.3. The lowest BCUT2D eigenvalue weighted by atomic mass is 10.1. The molecule has 0 aliphatic heterocycles. The highest BCUT2D eigenvalue weighted by molar-refractivity contribution is 7.89. The van der Waals surface area contributed by atoms with Crippen LogP contribution in [0.15, 0.2) is 39.8 Å². The van der Waals surface area contributed by atoms with E-state index in [4.69, 9.17) is 9.56 Å². The van der Waals surface area contributed by atoms with E-state index in [1.807, 2.05) is 0 Å². The number of primary sulfonamides is 1. The van der Waals surface area contributed by atoms with Gasteiger partial charge >= 0.3 is 0 Å². The van der Waals surface area contributed by atoms with Gasteiger partial charge in [0.25, 0.3) is 15.7 Å². The van der Waals surface area contributed by atoms with Crippen LogP contribution in [-0.2, 0) is 16.6 Å². The molecule has 21 heavy (non-hydrogen) atoms. The number of nitrogens with two attached hydrogens (primary N) is 1. The first kappa shape index (κ1) is 15.0. The number of hydrogen-bond donors (Lipinski definition) is 2. The van der Waals surface area contributed by atoms with Gasteiger partial charge in [-0.25, -0.2) is 13.6 Å². The predicted octanol–water partition coefficient (Wildman–Crippen LogP) is 1.76. The standard InChI is InChI=1S/C12H13N3O5S/c1-8-10(3-2-4-11(8)15(16)17)14-7-9-5-6-12(20-9)21(13,18)19/h2-6,14H,7H2,1H3,(H2,13,18,19). The fourth-order valence-electron chi connectivity index (χ4n) is 1.80. The second-order valence-corrected chi connectivity index (χ2v) is 5.82. The van der Waals surface area contributed by atoms with Gasteiger partial charge in [-0.1, -0.05) is 6.07 Å². The molecule has 0 saturated carbocycles. The molecular formula is C12H13N3O5S. The SMILES string of the molecule is Cc1c(NCc2ccc(S(N)(=O)=O)o2)cccc1[N+](=O)[O-]. The molecule has 1 heterocycles. The second kappa shape index (κ2) is 5.54. The van der Waals surface area contributed by atoms with E-state index in [1.165, 1.54) is 18.2 Å². The number of nitrogens with zero attached hydrogens (tertiary/aromatic N) is 1. The maximum atomic E-state index is 11.1. The fraction of sp³-hybridized carbons (Fsp3) is 0.167. The Morgan fingerprint density at radius 2 is 2.05 bits per heavy atom. The van der Waals surface area contributed by atoms with E-state index in [0.717, 1.165) is 0 Å². The van der Waals surface area contributed by atoms with Crippen LogP contribution in [0.2, 0.25) is 0 Å². The van der Waals surface area contributed by atoms with Crippen LogP contribution in [0.3, 0.4) is 0 Å². The Bertz CT molecular complexity index is 782. The van der Waals surface area contributed by atoms with Gasteiger partial charge in [0.2, 0.25) is 5.09 Å². The van der Waals surface area contributed by atoms with Crippen LogP contribution < -0.4 is 10.5 Å². The largest absolute Gasteiger partial charge is 0.446 e. The number of nitro groups is 1. The molecule has 2 rings (SSSR count). The van der Waals surface area contributed by atoms with Crippen molar-refractivity contribution in [3.63, 3.8) is 0 Å². The molecule has 3 N–H and O–H groups in total. The van der Waals surface area contributed by atoms with Crippen molar-refractivity contribution >= 4 is 21.4 Å². The van der Waals surface area contributed by atoms with Crippen molar-refractivity contribution < 1.29 is 17.8 Å². The summed E-state index contributed by atoms with van der Waals surface area (Å²) in [5.41, 5.74) is 1.06. The summed E-state index contributed by atoms with van der Waals surface area (Å²) >= 11 is 0. The van der Waals surface area contributed by atoms with E-state index in [2.05, 4.69) is 5.32 Å². The van der Waals surface area contributed by atoms with Crippen molar-refractivity contribution in [1.82, 2.24) is 0 Å². The minimum absolute atomic E-state index is 0.00432. The molecule has 0 fully saturated rings. The lowest BCUT2D eigenvalue weighted by Crippen LogP contribution is -2.10. The third-order valence-electron chi connectivity index (χ3n) is 2.87. The minimum Gasteiger partial charge on any atom is -0.446 e. The molecule has 0 radical (unpaired) electrons. The second-order valence-electron chi connectivity index (χ2n) is 4.33. The van der Waals surface area contributed by atoms with Gasteiger partial charge in [0.05, 0.1) is 11.5 Å². The maximum Gasteiger partial charge on any atom is 0.274 e. The van der Waals surface area contributed by atoms with Crippen molar-refractivity contribution in [2.45, 2.75) is 18.6 Å². The molecule has 0 spiro atoms. The van der Waals surface area contributed by atoms with Crippen molar-refractivity contribution in [1.29, 1.82) is 0 Å². The van der Waals surface area contributed by atoms with Crippen molar-refractivity contribution in [3.05, 3.63) is 51.8 Å². The number of benzene rings is 1. The van der Waals surface area contributed by atoms with Gasteiger partial charge in [-0.15, -0.1) is 0 Å². The van der Waals surface area contributed by atoms with Gasteiger partial charge in [-0.05, 0) is 25.1 Å². The van der Waals surface area contributed by atoms with E-state index >= 15 is 0 Å². The van der Waals surface area contributed by atoms with Gasteiger partial charge in [0, 0.05) is 17.3 Å². The molecule has 9 heteroatoms. The fourth-order valence-corrected chi connectivity index (χ4v) is 2.28. The predicted molar refractivity (Wildman–Crippen MR) is 75.2 cm³/mol. The molecule has 2 aromatic rings. The highest BCUT2D eigenvalue weighted by atomic mass is 32.2. The lowest BCUT2D eigenvalue weighted by Gasteiger charge is -2.08. The van der Waals surface area contributed by atoms with E-state index in [-0.39, 0.29) is 17.3 Å². The molecule has 0 amide bonds. The smallest absolute Gasteiger partial charge is 0.274 e. The number of sulfonamides is 1. The highest BCUT2D eigenvalue weighted by Gasteiger charge is 2.15. The molecule has 8 nitrogen and oxygen atoms in total. The molecule has 0 unspecified atom stereocenters. The third kappa shape index (κ3) is 3.38. The highest BCUT2D eigenvalue weighted by Crippen LogP contribution is 2.25. The molecule has 0 aliphatic carbocycles. The van der Waals surface area contributed by atoms with E-state index in [1.54, 1.807) is 19.1 Å². The third-order valence-corrected chi connectivity index (χ3v) is 3.65. The van der Waals surface area contributed by atoms with Gasteiger partial charge < -0.3 is 9.73 Å². The molecule has 1 aromatic heterocycles. The average molecular weight is 311 g/mol. The quantitative estimate of drug-likeness (QED) is 0.639. The van der Waals surface area contributed by atoms with Gasteiger partial charge in [-0.2, -0.15) is 0 Å². The zero-order chi connectivity index (χ0) is 15.6. The number of anilines is 1. The Balaban J connectivity index is 2.16. The Labute approximate surface area is 120 Å². The molecule has 0 bridgehead atoms.